The summed E-state index contributed by atoms with van der Waals surface area (Å²) in [6, 6.07) is 8.15. The van der Waals surface area contributed by atoms with Crippen LogP contribution in [0.2, 0.25) is 0 Å². The summed E-state index contributed by atoms with van der Waals surface area (Å²) in [5.41, 5.74) is 5.85. The van der Waals surface area contributed by atoms with Gasteiger partial charge in [-0.05, 0) is 29.8 Å². The molecule has 0 aliphatic rings. The van der Waals surface area contributed by atoms with Crippen molar-refractivity contribution < 1.29 is 31.1 Å². The lowest BCUT2D eigenvalue weighted by atomic mass is 10.0. The molecule has 0 fully saturated rings. The van der Waals surface area contributed by atoms with Gasteiger partial charge in [-0.2, -0.15) is 26.3 Å². The molecule has 0 amide bonds. The van der Waals surface area contributed by atoms with Gasteiger partial charge >= 0.3 is 12.4 Å². The quantitative estimate of drug-likeness (QED) is 0.640. The van der Waals surface area contributed by atoms with Crippen LogP contribution in [-0.4, -0.2) is 12.8 Å². The number of ether oxygens (including phenoxy) is 1. The van der Waals surface area contributed by atoms with Gasteiger partial charge in [0.1, 0.15) is 5.75 Å². The molecule has 0 aliphatic carbocycles. The maximum absolute atomic E-state index is 12.5. The van der Waals surface area contributed by atoms with Crippen LogP contribution in [-0.2, 0) is 6.18 Å². The third-order valence-electron chi connectivity index (χ3n) is 2.95. The first-order chi connectivity index (χ1) is 10.6. The molecule has 0 aliphatic heterocycles. The van der Waals surface area contributed by atoms with Crippen molar-refractivity contribution in [2.75, 3.05) is 12.3 Å². The molecule has 0 saturated heterocycles. The summed E-state index contributed by atoms with van der Waals surface area (Å²) in [4.78, 5) is 0. The minimum atomic E-state index is -4.47. The first kappa shape index (κ1) is 17.0. The van der Waals surface area contributed by atoms with E-state index < -0.39 is 24.5 Å². The van der Waals surface area contributed by atoms with Crippen molar-refractivity contribution in [2.24, 2.45) is 0 Å². The maximum Gasteiger partial charge on any atom is 0.422 e. The van der Waals surface area contributed by atoms with E-state index in [1.807, 2.05) is 0 Å². The molecular weight excluding hydrogens is 324 g/mol. The minimum Gasteiger partial charge on any atom is -0.484 e. The summed E-state index contributed by atoms with van der Waals surface area (Å²) in [6.45, 7) is -1.45. The average Bonchev–Trinajstić information content (AvgIpc) is 2.44. The molecule has 2 nitrogen and oxygen atoms in total. The number of halogens is 6. The number of alkyl halides is 6. The minimum absolute atomic E-state index is 0.0736. The number of hydrogen-bond acceptors (Lipinski definition) is 2. The molecule has 0 heterocycles. The monoisotopic (exact) mass is 335 g/mol. The third kappa shape index (κ3) is 4.54. The number of nitrogens with two attached hydrogens (primary N) is 1. The topological polar surface area (TPSA) is 35.2 Å². The lowest BCUT2D eigenvalue weighted by molar-refractivity contribution is -0.153. The van der Waals surface area contributed by atoms with E-state index in [2.05, 4.69) is 4.74 Å². The zero-order chi connectivity index (χ0) is 17.3. The zero-order valence-corrected chi connectivity index (χ0v) is 11.5. The van der Waals surface area contributed by atoms with E-state index >= 15 is 0 Å². The Bertz CT molecular complexity index is 676. The van der Waals surface area contributed by atoms with Gasteiger partial charge in [0.15, 0.2) is 6.61 Å². The molecule has 8 heteroatoms. The maximum atomic E-state index is 12.5. The van der Waals surface area contributed by atoms with Gasteiger partial charge in [-0.15, -0.1) is 0 Å². The predicted octanol–water partition coefficient (Wildman–Crippen LogP) is 4.90. The second-order valence-electron chi connectivity index (χ2n) is 4.73. The van der Waals surface area contributed by atoms with E-state index in [1.165, 1.54) is 30.3 Å². The highest BCUT2D eigenvalue weighted by Gasteiger charge is 2.30. The summed E-state index contributed by atoms with van der Waals surface area (Å²) in [7, 11) is 0. The molecule has 0 aromatic heterocycles. The lowest BCUT2D eigenvalue weighted by Gasteiger charge is -2.12. The van der Waals surface area contributed by atoms with Crippen molar-refractivity contribution in [3.63, 3.8) is 0 Å². The van der Waals surface area contributed by atoms with E-state index in [0.717, 1.165) is 12.1 Å². The second kappa shape index (κ2) is 6.02. The molecule has 2 aromatic rings. The molecule has 0 radical (unpaired) electrons. The molecule has 0 atom stereocenters. The fraction of sp³-hybridized carbons (Fsp3) is 0.200. The van der Waals surface area contributed by atoms with Crippen LogP contribution < -0.4 is 10.5 Å². The SMILES string of the molecule is Nc1cc(OCC(F)(F)F)ccc1-c1ccc(C(F)(F)F)cc1. The summed E-state index contributed by atoms with van der Waals surface area (Å²) < 4.78 is 78.3. The van der Waals surface area contributed by atoms with Crippen LogP contribution in [0.1, 0.15) is 5.56 Å². The van der Waals surface area contributed by atoms with Crippen molar-refractivity contribution in [3.8, 4) is 16.9 Å². The number of anilines is 1. The largest absolute Gasteiger partial charge is 0.484 e. The highest BCUT2D eigenvalue weighted by Crippen LogP contribution is 2.33. The lowest BCUT2D eigenvalue weighted by Crippen LogP contribution is -2.19. The number of rotatable bonds is 3. The van der Waals surface area contributed by atoms with Gasteiger partial charge in [-0.1, -0.05) is 12.1 Å². The van der Waals surface area contributed by atoms with Crippen LogP contribution in [0.4, 0.5) is 32.0 Å². The van der Waals surface area contributed by atoms with E-state index in [4.69, 9.17) is 5.73 Å². The smallest absolute Gasteiger partial charge is 0.422 e. The molecule has 124 valence electrons. The fourth-order valence-electron chi connectivity index (χ4n) is 1.90. The van der Waals surface area contributed by atoms with Crippen molar-refractivity contribution in [2.45, 2.75) is 12.4 Å². The summed E-state index contributed by atoms with van der Waals surface area (Å²) in [6.07, 6.45) is -8.92. The highest BCUT2D eigenvalue weighted by molar-refractivity contribution is 5.77. The Labute approximate surface area is 127 Å². The molecule has 0 spiro atoms. The normalized spacial score (nSPS) is 12.3. The summed E-state index contributed by atoms with van der Waals surface area (Å²) >= 11 is 0. The fourth-order valence-corrected chi connectivity index (χ4v) is 1.90. The predicted molar refractivity (Wildman–Crippen MR) is 72.8 cm³/mol. The molecule has 0 bridgehead atoms. The Kier molecular flexibility index (Phi) is 4.44. The van der Waals surface area contributed by atoms with Gasteiger partial charge < -0.3 is 10.5 Å². The van der Waals surface area contributed by atoms with E-state index in [-0.39, 0.29) is 11.4 Å². The van der Waals surface area contributed by atoms with Crippen LogP contribution >= 0.6 is 0 Å². The Morgan fingerprint density at radius 1 is 0.870 bits per heavy atom. The van der Waals surface area contributed by atoms with Crippen molar-refractivity contribution >= 4 is 5.69 Å². The first-order valence-corrected chi connectivity index (χ1v) is 6.33. The zero-order valence-electron chi connectivity index (χ0n) is 11.5. The van der Waals surface area contributed by atoms with Gasteiger partial charge in [0.2, 0.25) is 0 Å². The van der Waals surface area contributed by atoms with Crippen LogP contribution in [0.5, 0.6) is 5.75 Å². The van der Waals surface area contributed by atoms with Gasteiger partial charge in [0.05, 0.1) is 5.56 Å². The number of benzene rings is 2. The van der Waals surface area contributed by atoms with Gasteiger partial charge in [-0.3, -0.25) is 0 Å². The molecule has 2 aromatic carbocycles. The van der Waals surface area contributed by atoms with Gasteiger partial charge in [-0.25, -0.2) is 0 Å². The van der Waals surface area contributed by atoms with E-state index in [0.29, 0.717) is 11.1 Å². The summed E-state index contributed by atoms with van der Waals surface area (Å²) in [5, 5.41) is 0. The Hall–Kier alpha value is -2.38. The van der Waals surface area contributed by atoms with Crippen molar-refractivity contribution in [3.05, 3.63) is 48.0 Å². The first-order valence-electron chi connectivity index (χ1n) is 6.33. The van der Waals surface area contributed by atoms with Crippen molar-refractivity contribution in [1.29, 1.82) is 0 Å². The Morgan fingerprint density at radius 3 is 1.96 bits per heavy atom. The highest BCUT2D eigenvalue weighted by atomic mass is 19.4. The second-order valence-corrected chi connectivity index (χ2v) is 4.73. The number of hydrogen-bond donors (Lipinski definition) is 1. The average molecular weight is 335 g/mol. The Balaban J connectivity index is 2.21. The molecule has 0 unspecified atom stereocenters. The molecule has 23 heavy (non-hydrogen) atoms. The van der Waals surface area contributed by atoms with Crippen molar-refractivity contribution in [1.82, 2.24) is 0 Å². The molecule has 2 N–H and O–H groups in total. The van der Waals surface area contributed by atoms with Crippen LogP contribution in [0, 0.1) is 0 Å². The Morgan fingerprint density at radius 2 is 1.48 bits per heavy atom. The van der Waals surface area contributed by atoms with E-state index in [1.54, 1.807) is 0 Å². The van der Waals surface area contributed by atoms with Crippen LogP contribution in [0.25, 0.3) is 11.1 Å². The third-order valence-corrected chi connectivity index (χ3v) is 2.95. The van der Waals surface area contributed by atoms with Crippen LogP contribution in [0.15, 0.2) is 42.5 Å². The van der Waals surface area contributed by atoms with E-state index in [9.17, 15) is 26.3 Å². The number of nitrogen functional groups attached to an aromatic ring is 1. The molecular formula is C15H11F6NO. The summed E-state index contributed by atoms with van der Waals surface area (Å²) in [5.74, 6) is -0.0736. The standard InChI is InChI=1S/C15H11F6NO/c16-14(17,18)8-23-11-5-6-12(13(22)7-11)9-1-3-10(4-2-9)15(19,20)21/h1-7H,8,22H2. The van der Waals surface area contributed by atoms with Gasteiger partial charge in [0, 0.05) is 17.3 Å². The van der Waals surface area contributed by atoms with Crippen LogP contribution in [0.3, 0.4) is 0 Å². The van der Waals surface area contributed by atoms with Gasteiger partial charge in [0.25, 0.3) is 0 Å². The molecule has 2 rings (SSSR count). The molecule has 0 saturated carbocycles.